The Bertz CT molecular complexity index is 1270. The maximum absolute atomic E-state index is 12.6. The smallest absolute Gasteiger partial charge is 0.332 e. The van der Waals surface area contributed by atoms with Crippen molar-refractivity contribution >= 4 is 28.5 Å². The number of hydrogen-bond acceptors (Lipinski definition) is 8. The van der Waals surface area contributed by atoms with Crippen LogP contribution in [0, 0.1) is 10.1 Å². The van der Waals surface area contributed by atoms with Crippen LogP contribution in [-0.4, -0.2) is 61.2 Å². The van der Waals surface area contributed by atoms with E-state index in [0.29, 0.717) is 37.4 Å². The second kappa shape index (κ2) is 7.87. The molecular formula is C19H24N8O4. The van der Waals surface area contributed by atoms with E-state index < -0.39 is 11.2 Å². The number of nitro benzene ring substituents is 1. The van der Waals surface area contributed by atoms with Crippen LogP contribution in [0.5, 0.6) is 0 Å². The van der Waals surface area contributed by atoms with Gasteiger partial charge in [0.05, 0.1) is 4.92 Å². The average Bonchev–Trinajstić information content (AvgIpc) is 3.11. The quantitative estimate of drug-likeness (QED) is 0.434. The number of hydrogen-bond donors (Lipinski definition) is 1. The van der Waals surface area contributed by atoms with Crippen LogP contribution in [0.4, 0.5) is 17.3 Å². The van der Waals surface area contributed by atoms with E-state index in [0.717, 1.165) is 17.7 Å². The zero-order chi connectivity index (χ0) is 22.3. The number of rotatable bonds is 5. The molecule has 0 saturated carbocycles. The third kappa shape index (κ3) is 3.54. The monoisotopic (exact) mass is 428 g/mol. The van der Waals surface area contributed by atoms with Gasteiger partial charge in [-0.25, -0.2) is 4.79 Å². The van der Waals surface area contributed by atoms with Gasteiger partial charge in [-0.05, 0) is 6.07 Å². The van der Waals surface area contributed by atoms with Crippen LogP contribution in [0.2, 0.25) is 0 Å². The second-order valence-corrected chi connectivity index (χ2v) is 7.57. The van der Waals surface area contributed by atoms with Crippen molar-refractivity contribution in [2.75, 3.05) is 43.4 Å². The van der Waals surface area contributed by atoms with Crippen LogP contribution in [-0.2, 0) is 20.6 Å². The van der Waals surface area contributed by atoms with E-state index in [2.05, 4.69) is 9.88 Å². The van der Waals surface area contributed by atoms with E-state index in [1.807, 2.05) is 4.90 Å². The number of nitrogens with two attached hydrogens (primary N) is 1. The number of nitro groups is 1. The van der Waals surface area contributed by atoms with Crippen molar-refractivity contribution < 1.29 is 4.92 Å². The van der Waals surface area contributed by atoms with Crippen molar-refractivity contribution in [2.24, 2.45) is 14.1 Å². The van der Waals surface area contributed by atoms with Crippen molar-refractivity contribution in [3.63, 3.8) is 0 Å². The maximum Gasteiger partial charge on any atom is 0.332 e. The van der Waals surface area contributed by atoms with E-state index in [-0.39, 0.29) is 22.2 Å². The van der Waals surface area contributed by atoms with Gasteiger partial charge in [0.15, 0.2) is 11.2 Å². The number of fused-ring (bicyclic) bond motifs is 1. The van der Waals surface area contributed by atoms with Crippen LogP contribution >= 0.6 is 0 Å². The lowest BCUT2D eigenvalue weighted by Crippen LogP contribution is -2.47. The third-order valence-electron chi connectivity index (χ3n) is 5.81. The number of anilines is 2. The van der Waals surface area contributed by atoms with Gasteiger partial charge in [0.1, 0.15) is 5.69 Å². The summed E-state index contributed by atoms with van der Waals surface area (Å²) in [5, 5.41) is 11.3. The average molecular weight is 428 g/mol. The van der Waals surface area contributed by atoms with Gasteiger partial charge in [-0.2, -0.15) is 4.98 Å². The Morgan fingerprint density at radius 1 is 1.06 bits per heavy atom. The highest BCUT2D eigenvalue weighted by atomic mass is 16.6. The van der Waals surface area contributed by atoms with Crippen molar-refractivity contribution in [2.45, 2.75) is 6.54 Å². The summed E-state index contributed by atoms with van der Waals surface area (Å²) in [4.78, 5) is 44.1. The highest BCUT2D eigenvalue weighted by Gasteiger charge is 2.24. The first kappa shape index (κ1) is 20.6. The molecule has 2 N–H and O–H groups in total. The number of nitrogen functional groups attached to an aromatic ring is 1. The van der Waals surface area contributed by atoms with Crippen LogP contribution in [0.1, 0.15) is 0 Å². The molecule has 4 rings (SSSR count). The van der Waals surface area contributed by atoms with Gasteiger partial charge >= 0.3 is 5.69 Å². The zero-order valence-electron chi connectivity index (χ0n) is 17.4. The van der Waals surface area contributed by atoms with Gasteiger partial charge in [-0.15, -0.1) is 0 Å². The molecule has 3 aromatic rings. The standard InChI is InChI=1S/C19H24N8O4/c1-22-16-15(17(28)23(2)19(22)29)26(18(20)21-16)12-9-24-7-10-25(11-8-24)13-5-3-4-6-14(13)27(30)31/h3-6H,7-12H2,1-2H3,(H2,20,21). The molecule has 12 heteroatoms. The predicted molar refractivity (Wildman–Crippen MR) is 116 cm³/mol. The van der Waals surface area contributed by atoms with Crippen molar-refractivity contribution in [1.29, 1.82) is 0 Å². The highest BCUT2D eigenvalue weighted by molar-refractivity contribution is 5.73. The van der Waals surface area contributed by atoms with E-state index in [1.165, 1.54) is 17.7 Å². The summed E-state index contributed by atoms with van der Waals surface area (Å²) in [7, 11) is 2.99. The Hall–Kier alpha value is -3.67. The molecule has 1 saturated heterocycles. The Labute approximate surface area is 176 Å². The molecule has 0 bridgehead atoms. The lowest BCUT2D eigenvalue weighted by atomic mass is 10.2. The Morgan fingerprint density at radius 3 is 2.42 bits per heavy atom. The van der Waals surface area contributed by atoms with Gasteiger partial charge in [0.25, 0.3) is 11.2 Å². The van der Waals surface area contributed by atoms with Gasteiger partial charge in [0, 0.05) is 59.4 Å². The van der Waals surface area contributed by atoms with E-state index in [9.17, 15) is 19.7 Å². The number of nitrogens with zero attached hydrogens (tertiary/aromatic N) is 7. The molecule has 0 unspecified atom stereocenters. The first-order valence-electron chi connectivity index (χ1n) is 9.92. The van der Waals surface area contributed by atoms with Crippen LogP contribution in [0.3, 0.4) is 0 Å². The number of imidazole rings is 1. The fraction of sp³-hybridized carbons (Fsp3) is 0.421. The molecule has 1 aliphatic heterocycles. The maximum atomic E-state index is 12.6. The largest absolute Gasteiger partial charge is 0.369 e. The second-order valence-electron chi connectivity index (χ2n) is 7.57. The summed E-state index contributed by atoms with van der Waals surface area (Å²) < 4.78 is 4.01. The minimum absolute atomic E-state index is 0.107. The lowest BCUT2D eigenvalue weighted by Gasteiger charge is -2.35. The number of benzene rings is 1. The molecule has 1 aromatic carbocycles. The predicted octanol–water partition coefficient (Wildman–Crippen LogP) is -0.254. The molecule has 0 spiro atoms. The molecule has 12 nitrogen and oxygen atoms in total. The fourth-order valence-electron chi connectivity index (χ4n) is 4.03. The molecule has 2 aromatic heterocycles. The molecule has 0 atom stereocenters. The molecule has 3 heterocycles. The fourth-order valence-corrected chi connectivity index (χ4v) is 4.03. The Morgan fingerprint density at radius 2 is 1.74 bits per heavy atom. The molecule has 164 valence electrons. The van der Waals surface area contributed by atoms with Crippen molar-refractivity contribution in [3.8, 4) is 0 Å². The summed E-state index contributed by atoms with van der Waals surface area (Å²) in [6, 6.07) is 6.75. The summed E-state index contributed by atoms with van der Waals surface area (Å²) in [5.74, 6) is 0.187. The normalized spacial score (nSPS) is 15.0. The van der Waals surface area contributed by atoms with Crippen LogP contribution in [0.25, 0.3) is 11.2 Å². The number of para-hydroxylation sites is 2. The molecule has 31 heavy (non-hydrogen) atoms. The van der Waals surface area contributed by atoms with E-state index in [1.54, 1.807) is 29.8 Å². The van der Waals surface area contributed by atoms with E-state index in [4.69, 9.17) is 5.73 Å². The first-order chi connectivity index (χ1) is 14.8. The topological polar surface area (TPSA) is 137 Å². The zero-order valence-corrected chi connectivity index (χ0v) is 17.4. The van der Waals surface area contributed by atoms with Gasteiger partial charge in [-0.3, -0.25) is 28.9 Å². The summed E-state index contributed by atoms with van der Waals surface area (Å²) in [6.07, 6.45) is 0. The van der Waals surface area contributed by atoms with Crippen LogP contribution < -0.4 is 21.9 Å². The summed E-state index contributed by atoms with van der Waals surface area (Å²) in [6.45, 7) is 3.82. The SMILES string of the molecule is Cn1c(=O)c2c(nc(N)n2CCN2CCN(c3ccccc3[N+](=O)[O-])CC2)n(C)c1=O. The summed E-state index contributed by atoms with van der Waals surface area (Å²) in [5.41, 5.74) is 6.48. The van der Waals surface area contributed by atoms with Gasteiger partial charge in [0.2, 0.25) is 5.95 Å². The molecule has 1 fully saturated rings. The van der Waals surface area contributed by atoms with E-state index >= 15 is 0 Å². The minimum Gasteiger partial charge on any atom is -0.369 e. The highest BCUT2D eigenvalue weighted by Crippen LogP contribution is 2.28. The van der Waals surface area contributed by atoms with Crippen LogP contribution in [0.15, 0.2) is 33.9 Å². The molecule has 0 aliphatic carbocycles. The molecule has 0 amide bonds. The van der Waals surface area contributed by atoms with Gasteiger partial charge < -0.3 is 15.2 Å². The summed E-state index contributed by atoms with van der Waals surface area (Å²) >= 11 is 0. The first-order valence-corrected chi connectivity index (χ1v) is 9.92. The Kier molecular flexibility index (Phi) is 5.23. The number of aryl methyl sites for hydroxylation is 1. The number of aromatic nitrogens is 4. The van der Waals surface area contributed by atoms with Gasteiger partial charge in [-0.1, -0.05) is 12.1 Å². The molecular weight excluding hydrogens is 404 g/mol. The molecule has 1 aliphatic rings. The Balaban J connectivity index is 1.48. The minimum atomic E-state index is -0.451. The van der Waals surface area contributed by atoms with Crippen molar-refractivity contribution in [3.05, 3.63) is 55.2 Å². The lowest BCUT2D eigenvalue weighted by molar-refractivity contribution is -0.384. The van der Waals surface area contributed by atoms with Crippen molar-refractivity contribution in [1.82, 2.24) is 23.6 Å². The molecule has 0 radical (unpaired) electrons. The third-order valence-corrected chi connectivity index (χ3v) is 5.81. The number of piperazine rings is 1.